The molecule has 0 bridgehead atoms. The Morgan fingerprint density at radius 1 is 1.17 bits per heavy atom. The molecule has 2 saturated carbocycles. The summed E-state index contributed by atoms with van der Waals surface area (Å²) in [5, 5.41) is 15.0. The fourth-order valence-electron chi connectivity index (χ4n) is 5.93. The van der Waals surface area contributed by atoms with Gasteiger partial charge in [0, 0.05) is 37.3 Å². The van der Waals surface area contributed by atoms with E-state index in [0.29, 0.717) is 18.2 Å². The van der Waals surface area contributed by atoms with E-state index in [9.17, 15) is 14.7 Å². The van der Waals surface area contributed by atoms with Crippen molar-refractivity contribution in [1.82, 2.24) is 20.2 Å². The van der Waals surface area contributed by atoms with Crippen LogP contribution in [0.2, 0.25) is 0 Å². The van der Waals surface area contributed by atoms with Crippen molar-refractivity contribution in [3.8, 4) is 10.4 Å². The van der Waals surface area contributed by atoms with Crippen LogP contribution in [0.15, 0.2) is 41.7 Å². The summed E-state index contributed by atoms with van der Waals surface area (Å²) in [6.07, 6.45) is 8.35. The third-order valence-corrected chi connectivity index (χ3v) is 9.29. The molecule has 1 unspecified atom stereocenters. The normalized spacial score (nSPS) is 22.1. The van der Waals surface area contributed by atoms with Gasteiger partial charge in [-0.15, -0.1) is 11.3 Å². The van der Waals surface area contributed by atoms with E-state index in [2.05, 4.69) is 10.3 Å². The number of nitrogens with one attached hydrogen (secondary N) is 1. The molecule has 0 radical (unpaired) electrons. The summed E-state index contributed by atoms with van der Waals surface area (Å²) in [6, 6.07) is 6.69. The summed E-state index contributed by atoms with van der Waals surface area (Å²) in [4.78, 5) is 34.3. The number of β-amino-alcohol motifs (C(OH)–C–C–N with tert-alkyl or cyclic N) is 1. The number of aryl methyl sites for hydroxylation is 1. The van der Waals surface area contributed by atoms with E-state index in [1.54, 1.807) is 17.5 Å². The number of aromatic nitrogens is 1. The molecule has 1 aliphatic heterocycles. The van der Waals surface area contributed by atoms with Gasteiger partial charge in [0.1, 0.15) is 12.1 Å². The molecule has 2 heterocycles. The molecule has 3 atom stereocenters. The first kappa shape index (κ1) is 31.0. The minimum Gasteiger partial charge on any atom is -0.401 e. The van der Waals surface area contributed by atoms with Crippen LogP contribution in [0.5, 0.6) is 0 Å². The summed E-state index contributed by atoms with van der Waals surface area (Å²) in [5.41, 5.74) is 11.8. The van der Waals surface area contributed by atoms with Crippen molar-refractivity contribution in [3.05, 3.63) is 52.9 Å². The van der Waals surface area contributed by atoms with Gasteiger partial charge in [-0.05, 0) is 49.7 Å². The van der Waals surface area contributed by atoms with Gasteiger partial charge in [0.25, 0.3) is 0 Å². The van der Waals surface area contributed by atoms with Gasteiger partial charge in [-0.25, -0.2) is 10.8 Å². The second-order valence-corrected chi connectivity index (χ2v) is 12.1. The number of likely N-dealkylation sites (tertiary alicyclic amines) is 1. The van der Waals surface area contributed by atoms with Crippen LogP contribution in [0.3, 0.4) is 0 Å². The van der Waals surface area contributed by atoms with Crippen LogP contribution in [0.4, 0.5) is 0 Å². The van der Waals surface area contributed by atoms with Crippen molar-refractivity contribution in [3.63, 3.8) is 0 Å². The maximum absolute atomic E-state index is 14.0. The number of carbonyl (C=O) groups is 2. The standard InChI is InChI=1S/C29H40N6O3S.C2H6/c1-18-27(39-17-33-18)22-9-7-19(8-10-22)14-32-28(37)25-13-23(36)15-34(25)29(38)26(21-5-3-2-4-6-21)35(31)16-24(30)20-11-12-20;1-2/h7-10,16-17,20-21,23,25-26,36H,2-6,11-15,30-31H2,1H3,(H,32,37);1-2H3/b24-16-;/t23-,25+,26?;/m1./s1. The Morgan fingerprint density at radius 3 is 2.46 bits per heavy atom. The number of benzene rings is 1. The number of amides is 2. The lowest BCUT2D eigenvalue weighted by molar-refractivity contribution is -0.144. The lowest BCUT2D eigenvalue weighted by atomic mass is 9.83. The number of carbonyl (C=O) groups excluding carboxylic acids is 2. The highest BCUT2D eigenvalue weighted by atomic mass is 32.1. The molecule has 2 aliphatic carbocycles. The van der Waals surface area contributed by atoms with E-state index in [1.807, 2.05) is 50.5 Å². The second kappa shape index (κ2) is 14.3. The molecule has 3 aliphatic rings. The van der Waals surface area contributed by atoms with E-state index < -0.39 is 18.2 Å². The van der Waals surface area contributed by atoms with E-state index in [0.717, 1.165) is 66.6 Å². The maximum atomic E-state index is 14.0. The first-order chi connectivity index (χ1) is 19.8. The van der Waals surface area contributed by atoms with Crippen molar-refractivity contribution in [2.45, 2.75) is 96.9 Å². The van der Waals surface area contributed by atoms with Crippen LogP contribution >= 0.6 is 11.3 Å². The summed E-state index contributed by atoms with van der Waals surface area (Å²) in [5.74, 6) is 6.45. The summed E-state index contributed by atoms with van der Waals surface area (Å²) in [7, 11) is 0. The number of thiazole rings is 1. The highest BCUT2D eigenvalue weighted by Gasteiger charge is 2.44. The summed E-state index contributed by atoms with van der Waals surface area (Å²) in [6.45, 7) is 6.45. The SMILES string of the molecule is CC.Cc1ncsc1-c1ccc(CNC(=O)[C@@H]2C[C@@H](O)CN2C(=O)C(C2CCCCC2)N(N)/C=C(\N)C2CC2)cc1. The first-order valence-electron chi connectivity index (χ1n) is 15.1. The highest BCUT2D eigenvalue weighted by Crippen LogP contribution is 2.35. The van der Waals surface area contributed by atoms with E-state index in [1.165, 1.54) is 9.91 Å². The van der Waals surface area contributed by atoms with Gasteiger partial charge >= 0.3 is 0 Å². The largest absolute Gasteiger partial charge is 0.401 e. The molecule has 5 rings (SSSR count). The van der Waals surface area contributed by atoms with Crippen molar-refractivity contribution in [2.75, 3.05) is 6.54 Å². The Hall–Kier alpha value is -2.95. The number of aliphatic hydroxyl groups is 1. The molecule has 10 heteroatoms. The highest BCUT2D eigenvalue weighted by molar-refractivity contribution is 7.13. The average molecular weight is 583 g/mol. The van der Waals surface area contributed by atoms with E-state index in [4.69, 9.17) is 11.6 Å². The number of hydrazine groups is 1. The van der Waals surface area contributed by atoms with Gasteiger partial charge in [-0.2, -0.15) is 0 Å². The molecule has 1 saturated heterocycles. The fraction of sp³-hybridized carbons (Fsp3) is 0.581. The molecule has 3 fully saturated rings. The van der Waals surface area contributed by atoms with Gasteiger partial charge in [-0.1, -0.05) is 57.4 Å². The molecule has 1 aromatic carbocycles. The molecule has 2 aromatic rings. The first-order valence-corrected chi connectivity index (χ1v) is 16.0. The molecular weight excluding hydrogens is 536 g/mol. The van der Waals surface area contributed by atoms with Crippen LogP contribution < -0.4 is 16.9 Å². The number of rotatable bonds is 9. The molecule has 41 heavy (non-hydrogen) atoms. The molecule has 9 nitrogen and oxygen atoms in total. The number of aliphatic hydroxyl groups excluding tert-OH is 1. The smallest absolute Gasteiger partial charge is 0.247 e. The average Bonchev–Trinajstić information content (AvgIpc) is 3.64. The zero-order valence-electron chi connectivity index (χ0n) is 24.6. The predicted octanol–water partition coefficient (Wildman–Crippen LogP) is 4.06. The number of nitrogens with two attached hydrogens (primary N) is 2. The van der Waals surface area contributed by atoms with Crippen LogP contribution in [0, 0.1) is 18.8 Å². The van der Waals surface area contributed by atoms with E-state index in [-0.39, 0.29) is 30.7 Å². The Bertz CT molecular complexity index is 1190. The van der Waals surface area contributed by atoms with Gasteiger partial charge < -0.3 is 26.1 Å². The Morgan fingerprint density at radius 2 is 1.85 bits per heavy atom. The quantitative estimate of drug-likeness (QED) is 0.258. The Labute approximate surface area is 248 Å². The summed E-state index contributed by atoms with van der Waals surface area (Å²) >= 11 is 1.60. The topological polar surface area (TPSA) is 138 Å². The Kier molecular flexibility index (Phi) is 10.8. The van der Waals surface area contributed by atoms with Crippen molar-refractivity contribution in [2.24, 2.45) is 23.4 Å². The number of nitrogens with zero attached hydrogens (tertiary/aromatic N) is 3. The van der Waals surface area contributed by atoms with Crippen LogP contribution in [0.1, 0.15) is 76.5 Å². The zero-order valence-corrected chi connectivity index (χ0v) is 25.4. The molecule has 2 amide bonds. The minimum atomic E-state index is -0.753. The lowest BCUT2D eigenvalue weighted by Gasteiger charge is -2.38. The zero-order chi connectivity index (χ0) is 29.5. The predicted molar refractivity (Wildman–Crippen MR) is 163 cm³/mol. The van der Waals surface area contributed by atoms with Crippen LogP contribution in [-0.2, 0) is 16.1 Å². The number of allylic oxidation sites excluding steroid dienone is 1. The number of hydrogen-bond donors (Lipinski definition) is 4. The molecule has 224 valence electrons. The van der Waals surface area contributed by atoms with Gasteiger partial charge in [0.15, 0.2) is 0 Å². The van der Waals surface area contributed by atoms with Gasteiger partial charge in [-0.3, -0.25) is 9.59 Å². The van der Waals surface area contributed by atoms with Gasteiger partial charge in [0.05, 0.1) is 22.2 Å². The maximum Gasteiger partial charge on any atom is 0.247 e. The van der Waals surface area contributed by atoms with Crippen molar-refractivity contribution in [1.29, 1.82) is 0 Å². The minimum absolute atomic E-state index is 0.0849. The fourth-order valence-corrected chi connectivity index (χ4v) is 6.74. The summed E-state index contributed by atoms with van der Waals surface area (Å²) < 4.78 is 0. The van der Waals surface area contributed by atoms with Crippen LogP contribution in [0.25, 0.3) is 10.4 Å². The monoisotopic (exact) mass is 582 g/mol. The molecular formula is C31H46N6O3S. The van der Waals surface area contributed by atoms with Gasteiger partial charge in [0.2, 0.25) is 11.8 Å². The third kappa shape index (κ3) is 7.67. The third-order valence-electron chi connectivity index (χ3n) is 8.31. The Balaban J connectivity index is 0.00000189. The second-order valence-electron chi connectivity index (χ2n) is 11.3. The van der Waals surface area contributed by atoms with Crippen molar-refractivity contribution >= 4 is 23.2 Å². The molecule has 1 aromatic heterocycles. The molecule has 6 N–H and O–H groups in total. The van der Waals surface area contributed by atoms with Crippen molar-refractivity contribution < 1.29 is 14.7 Å². The lowest BCUT2D eigenvalue weighted by Crippen LogP contribution is -2.57. The number of hydrogen-bond acceptors (Lipinski definition) is 8. The molecule has 0 spiro atoms. The van der Waals surface area contributed by atoms with Crippen LogP contribution in [-0.4, -0.2) is 56.5 Å². The van der Waals surface area contributed by atoms with E-state index >= 15 is 0 Å².